The molecule has 1 saturated heterocycles. The molecule has 0 bridgehead atoms. The topological polar surface area (TPSA) is 49.0 Å². The first-order chi connectivity index (χ1) is 7.47. The van der Waals surface area contributed by atoms with Crippen LogP contribution in [-0.4, -0.2) is 23.1 Å². The van der Waals surface area contributed by atoms with E-state index in [4.69, 9.17) is 0 Å². The average molecular weight is 221 g/mol. The number of H-pyrrole nitrogens is 1. The molecule has 0 atom stereocenters. The fourth-order valence-electron chi connectivity index (χ4n) is 1.91. The van der Waals surface area contributed by atoms with Gasteiger partial charge in [0, 0.05) is 24.6 Å². The van der Waals surface area contributed by atoms with Gasteiger partial charge in [0.15, 0.2) is 0 Å². The average Bonchev–Trinajstić information content (AvgIpc) is 2.68. The number of rotatable bonds is 1. The molecule has 0 amide bonds. The zero-order valence-corrected chi connectivity index (χ0v) is 10.2. The molecule has 1 aliphatic rings. The summed E-state index contributed by atoms with van der Waals surface area (Å²) < 4.78 is 0. The molecule has 0 aromatic carbocycles. The van der Waals surface area contributed by atoms with Gasteiger partial charge in [0.1, 0.15) is 0 Å². The maximum Gasteiger partial charge on any atom is 0.252 e. The van der Waals surface area contributed by atoms with Crippen molar-refractivity contribution in [1.82, 2.24) is 9.97 Å². The summed E-state index contributed by atoms with van der Waals surface area (Å²) >= 11 is 0. The lowest BCUT2D eigenvalue weighted by molar-refractivity contribution is 0.564. The van der Waals surface area contributed by atoms with Crippen molar-refractivity contribution in [3.05, 3.63) is 22.1 Å². The Hall–Kier alpha value is -1.32. The maximum absolute atomic E-state index is 11.6. The zero-order chi connectivity index (χ0) is 11.8. The lowest BCUT2D eigenvalue weighted by atomic mass is 9.92. The van der Waals surface area contributed by atoms with Gasteiger partial charge in [-0.2, -0.15) is 0 Å². The Balaban J connectivity index is 2.39. The molecule has 88 valence electrons. The van der Waals surface area contributed by atoms with Crippen LogP contribution >= 0.6 is 0 Å². The molecule has 1 aliphatic heterocycles. The third-order valence-electron chi connectivity index (χ3n) is 2.90. The van der Waals surface area contributed by atoms with Gasteiger partial charge in [0.05, 0.1) is 5.69 Å². The van der Waals surface area contributed by atoms with E-state index >= 15 is 0 Å². The van der Waals surface area contributed by atoms with E-state index in [2.05, 4.69) is 35.6 Å². The molecule has 0 spiro atoms. The van der Waals surface area contributed by atoms with Gasteiger partial charge in [0.2, 0.25) is 5.95 Å². The molecule has 0 unspecified atom stereocenters. The van der Waals surface area contributed by atoms with Crippen LogP contribution in [-0.2, 0) is 5.41 Å². The normalized spacial score (nSPS) is 16.8. The third kappa shape index (κ3) is 2.26. The van der Waals surface area contributed by atoms with Gasteiger partial charge < -0.3 is 4.90 Å². The molecular formula is C12H19N3O. The number of anilines is 1. The highest BCUT2D eigenvalue weighted by atomic mass is 16.1. The van der Waals surface area contributed by atoms with Gasteiger partial charge in [0.25, 0.3) is 5.56 Å². The van der Waals surface area contributed by atoms with Gasteiger partial charge in [-0.15, -0.1) is 0 Å². The third-order valence-corrected chi connectivity index (χ3v) is 2.90. The first kappa shape index (κ1) is 11.2. The van der Waals surface area contributed by atoms with Gasteiger partial charge >= 0.3 is 0 Å². The Morgan fingerprint density at radius 1 is 1.31 bits per heavy atom. The predicted molar refractivity (Wildman–Crippen MR) is 65.0 cm³/mol. The summed E-state index contributed by atoms with van der Waals surface area (Å²) in [6.45, 7) is 8.21. The fraction of sp³-hybridized carbons (Fsp3) is 0.667. The van der Waals surface area contributed by atoms with Crippen molar-refractivity contribution in [2.45, 2.75) is 39.0 Å². The van der Waals surface area contributed by atoms with Crippen LogP contribution in [0.25, 0.3) is 0 Å². The van der Waals surface area contributed by atoms with E-state index in [0.29, 0.717) is 0 Å². The Kier molecular flexibility index (Phi) is 2.74. The van der Waals surface area contributed by atoms with Gasteiger partial charge in [-0.3, -0.25) is 9.78 Å². The lowest BCUT2D eigenvalue weighted by Gasteiger charge is -2.21. The highest BCUT2D eigenvalue weighted by Gasteiger charge is 2.20. The summed E-state index contributed by atoms with van der Waals surface area (Å²) in [5.74, 6) is 0.731. The van der Waals surface area contributed by atoms with Crippen LogP contribution in [0.2, 0.25) is 0 Å². The quantitative estimate of drug-likeness (QED) is 0.784. The van der Waals surface area contributed by atoms with Crippen LogP contribution in [0.4, 0.5) is 5.95 Å². The van der Waals surface area contributed by atoms with E-state index < -0.39 is 0 Å². The first-order valence-corrected chi connectivity index (χ1v) is 5.83. The molecule has 4 heteroatoms. The summed E-state index contributed by atoms with van der Waals surface area (Å²) in [6.07, 6.45) is 2.37. The van der Waals surface area contributed by atoms with Crippen molar-refractivity contribution in [3.8, 4) is 0 Å². The second-order valence-corrected chi connectivity index (χ2v) is 5.40. The van der Waals surface area contributed by atoms with Crippen molar-refractivity contribution >= 4 is 5.95 Å². The highest BCUT2D eigenvalue weighted by Crippen LogP contribution is 2.21. The van der Waals surface area contributed by atoms with Crippen LogP contribution in [0.1, 0.15) is 39.3 Å². The molecule has 1 aromatic heterocycles. The number of hydrogen-bond acceptors (Lipinski definition) is 3. The Labute approximate surface area is 95.7 Å². The standard InChI is InChI=1S/C12H19N3O/c1-12(2,3)9-8-10(16)14-11(13-9)15-6-4-5-7-15/h8H,4-7H2,1-3H3,(H,13,14,16). The summed E-state index contributed by atoms with van der Waals surface area (Å²) in [6, 6.07) is 1.60. The largest absolute Gasteiger partial charge is 0.342 e. The summed E-state index contributed by atoms with van der Waals surface area (Å²) in [4.78, 5) is 21.1. The second kappa shape index (κ2) is 3.92. The summed E-state index contributed by atoms with van der Waals surface area (Å²) in [5.41, 5.74) is 0.725. The molecule has 0 saturated carbocycles. The maximum atomic E-state index is 11.6. The van der Waals surface area contributed by atoms with Crippen LogP contribution in [0.3, 0.4) is 0 Å². The van der Waals surface area contributed by atoms with E-state index in [1.54, 1.807) is 6.07 Å². The second-order valence-electron chi connectivity index (χ2n) is 5.40. The molecular weight excluding hydrogens is 202 g/mol. The van der Waals surface area contributed by atoms with Crippen LogP contribution in [0, 0.1) is 0 Å². The number of aromatic nitrogens is 2. The molecule has 0 aliphatic carbocycles. The molecule has 2 rings (SSSR count). The fourth-order valence-corrected chi connectivity index (χ4v) is 1.91. The van der Waals surface area contributed by atoms with Crippen molar-refractivity contribution in [2.75, 3.05) is 18.0 Å². The van der Waals surface area contributed by atoms with Crippen LogP contribution in [0.15, 0.2) is 10.9 Å². The Bertz CT molecular complexity index is 425. The van der Waals surface area contributed by atoms with E-state index in [1.165, 1.54) is 12.8 Å². The molecule has 0 radical (unpaired) electrons. The van der Waals surface area contributed by atoms with Gasteiger partial charge in [-0.25, -0.2) is 4.98 Å². The van der Waals surface area contributed by atoms with Crippen molar-refractivity contribution in [1.29, 1.82) is 0 Å². The minimum absolute atomic E-state index is 0.0539. The van der Waals surface area contributed by atoms with Gasteiger partial charge in [-0.1, -0.05) is 20.8 Å². The predicted octanol–water partition coefficient (Wildman–Crippen LogP) is 1.67. The molecule has 1 aromatic rings. The minimum Gasteiger partial charge on any atom is -0.342 e. The van der Waals surface area contributed by atoms with E-state index in [1.807, 2.05) is 0 Å². The Morgan fingerprint density at radius 2 is 1.94 bits per heavy atom. The minimum atomic E-state index is -0.0806. The van der Waals surface area contributed by atoms with E-state index in [-0.39, 0.29) is 11.0 Å². The molecule has 1 fully saturated rings. The molecule has 2 heterocycles. The van der Waals surface area contributed by atoms with Crippen LogP contribution in [0.5, 0.6) is 0 Å². The number of nitrogens with one attached hydrogen (secondary N) is 1. The number of hydrogen-bond donors (Lipinski definition) is 1. The number of nitrogens with zero attached hydrogens (tertiary/aromatic N) is 2. The number of aromatic amines is 1. The lowest BCUT2D eigenvalue weighted by Crippen LogP contribution is -2.27. The Morgan fingerprint density at radius 3 is 2.50 bits per heavy atom. The highest BCUT2D eigenvalue weighted by molar-refractivity contribution is 5.32. The molecule has 1 N–H and O–H groups in total. The monoisotopic (exact) mass is 221 g/mol. The molecule has 4 nitrogen and oxygen atoms in total. The summed E-state index contributed by atoms with van der Waals surface area (Å²) in [5, 5.41) is 0. The summed E-state index contributed by atoms with van der Waals surface area (Å²) in [7, 11) is 0. The zero-order valence-electron chi connectivity index (χ0n) is 10.2. The van der Waals surface area contributed by atoms with Crippen LogP contribution < -0.4 is 10.5 Å². The van der Waals surface area contributed by atoms with Crippen molar-refractivity contribution in [3.63, 3.8) is 0 Å². The van der Waals surface area contributed by atoms with Gasteiger partial charge in [-0.05, 0) is 12.8 Å². The van der Waals surface area contributed by atoms with Crippen molar-refractivity contribution < 1.29 is 0 Å². The van der Waals surface area contributed by atoms with E-state index in [0.717, 1.165) is 24.7 Å². The smallest absolute Gasteiger partial charge is 0.252 e. The van der Waals surface area contributed by atoms with E-state index in [9.17, 15) is 4.79 Å². The first-order valence-electron chi connectivity index (χ1n) is 5.83. The SMILES string of the molecule is CC(C)(C)c1cc(=O)[nH]c(N2CCCC2)n1. The molecule has 16 heavy (non-hydrogen) atoms. The van der Waals surface area contributed by atoms with Crippen molar-refractivity contribution in [2.24, 2.45) is 0 Å².